The fourth-order valence-electron chi connectivity index (χ4n) is 9.48. The molecule has 4 atom stereocenters. The Labute approximate surface area is 439 Å². The third-order valence-electron chi connectivity index (χ3n) is 12.9. The molecule has 4 aliphatic heterocycles. The number of halogens is 3. The molecule has 5 N–H and O–H groups in total. The van der Waals surface area contributed by atoms with Gasteiger partial charge in [0.15, 0.2) is 11.3 Å². The Morgan fingerprint density at radius 2 is 1.16 bits per heavy atom. The molecule has 392 valence electrons. The SMILES string of the molecule is Cc1cn2nc([C@@H]3CCCCN3C(=O)c3cc(Cl)ccc3NS(C)(=O)=O)cc2nc1Cl.Cc1cn2nc([C@@H]3CCCCN3C(=O)c3cc(Cl)ccc3NS(C)(=O)=O)cc2nc1N1CC[C@@H](O)C1.O[C@@H]1CCNC1. The molecule has 20 nitrogen and oxygen atoms in total. The Hall–Kier alpha value is -5.33. The van der Waals surface area contributed by atoms with Crippen molar-refractivity contribution in [3.63, 3.8) is 0 Å². The van der Waals surface area contributed by atoms with Crippen molar-refractivity contribution in [1.82, 2.24) is 44.3 Å². The predicted molar refractivity (Wildman–Crippen MR) is 282 cm³/mol. The van der Waals surface area contributed by atoms with Crippen LogP contribution in [0.15, 0.2) is 60.9 Å². The summed E-state index contributed by atoms with van der Waals surface area (Å²) in [4.78, 5) is 42.0. The van der Waals surface area contributed by atoms with Gasteiger partial charge in [-0.25, -0.2) is 35.8 Å². The Morgan fingerprint density at radius 3 is 1.60 bits per heavy atom. The number of rotatable bonds is 9. The van der Waals surface area contributed by atoms with Crippen molar-refractivity contribution in [3.05, 3.63) is 110 Å². The quantitative estimate of drug-likeness (QED) is 0.0981. The summed E-state index contributed by atoms with van der Waals surface area (Å²) in [6.45, 7) is 7.95. The summed E-state index contributed by atoms with van der Waals surface area (Å²) < 4.78 is 55.5. The van der Waals surface area contributed by atoms with Crippen molar-refractivity contribution in [2.45, 2.75) is 89.5 Å². The molecule has 6 aromatic rings. The lowest BCUT2D eigenvalue weighted by Crippen LogP contribution is -2.39. The number of anilines is 3. The number of aromatic nitrogens is 6. The molecule has 4 aromatic heterocycles. The number of aliphatic hydroxyl groups is 2. The lowest BCUT2D eigenvalue weighted by atomic mass is 9.98. The fourth-order valence-corrected chi connectivity index (χ4v) is 11.1. The summed E-state index contributed by atoms with van der Waals surface area (Å²) in [5, 5.41) is 32.1. The van der Waals surface area contributed by atoms with E-state index in [1.165, 1.54) is 24.3 Å². The maximum atomic E-state index is 13.7. The van der Waals surface area contributed by atoms with E-state index in [4.69, 9.17) is 50.0 Å². The second kappa shape index (κ2) is 22.6. The molecule has 4 fully saturated rings. The lowest BCUT2D eigenvalue weighted by Gasteiger charge is -2.35. The number of piperidine rings is 2. The number of nitrogens with one attached hydrogen (secondary N) is 3. The highest BCUT2D eigenvalue weighted by atomic mass is 35.5. The average Bonchev–Trinajstić information content (AvgIpc) is 4.17. The normalized spacial score (nSPS) is 20.4. The molecule has 4 saturated heterocycles. The number of aryl methyl sites for hydroxylation is 2. The fraction of sp³-hybridized carbons (Fsp3) is 0.458. The number of carbonyl (C=O) groups excluding carboxylic acids is 2. The number of hydrogen-bond donors (Lipinski definition) is 5. The molecule has 2 amide bonds. The number of aliphatic hydroxyl groups excluding tert-OH is 2. The number of β-amino-alcohol motifs (C(OH)–C–C–N with tert-alkyl or cyclic N) is 2. The molecule has 0 spiro atoms. The number of hydrogen-bond acceptors (Lipinski definition) is 14. The number of carbonyl (C=O) groups is 2. The van der Waals surface area contributed by atoms with Crippen LogP contribution in [0, 0.1) is 13.8 Å². The first kappa shape index (κ1) is 53.9. The van der Waals surface area contributed by atoms with Gasteiger partial charge in [0, 0.05) is 78.4 Å². The van der Waals surface area contributed by atoms with Crippen molar-refractivity contribution in [3.8, 4) is 0 Å². The molecule has 25 heteroatoms. The smallest absolute Gasteiger partial charge is 0.256 e. The van der Waals surface area contributed by atoms with Crippen molar-refractivity contribution < 1.29 is 36.6 Å². The molecule has 73 heavy (non-hydrogen) atoms. The van der Waals surface area contributed by atoms with Crippen molar-refractivity contribution >= 4 is 95.2 Å². The molecule has 4 aliphatic rings. The van der Waals surface area contributed by atoms with E-state index in [-0.39, 0.29) is 58.6 Å². The summed E-state index contributed by atoms with van der Waals surface area (Å²) in [5.41, 5.74) is 5.27. The van der Waals surface area contributed by atoms with E-state index in [0.29, 0.717) is 51.8 Å². The minimum Gasteiger partial charge on any atom is -0.392 e. The van der Waals surface area contributed by atoms with E-state index in [2.05, 4.69) is 29.7 Å². The number of sulfonamides is 2. The summed E-state index contributed by atoms with van der Waals surface area (Å²) in [6.07, 6.45) is 12.1. The third-order valence-corrected chi connectivity index (χ3v) is 15.0. The van der Waals surface area contributed by atoms with Gasteiger partial charge in [-0.3, -0.25) is 19.0 Å². The molecule has 2 aromatic carbocycles. The van der Waals surface area contributed by atoms with Crippen LogP contribution in [0.2, 0.25) is 15.2 Å². The summed E-state index contributed by atoms with van der Waals surface area (Å²) in [5.74, 6) is 0.219. The zero-order valence-electron chi connectivity index (χ0n) is 40.8. The van der Waals surface area contributed by atoms with Gasteiger partial charge in [-0.15, -0.1) is 0 Å². The van der Waals surface area contributed by atoms with Gasteiger partial charge in [-0.05, 0) is 108 Å². The van der Waals surface area contributed by atoms with E-state index in [9.17, 15) is 31.5 Å². The molecular weight excluding hydrogens is 1040 g/mol. The number of likely N-dealkylation sites (tertiary alicyclic amines) is 2. The first-order valence-electron chi connectivity index (χ1n) is 24.0. The Balaban J connectivity index is 0.000000176. The minimum atomic E-state index is -3.59. The van der Waals surface area contributed by atoms with Crippen molar-refractivity contribution in [2.75, 3.05) is 66.1 Å². The Kier molecular flexibility index (Phi) is 16.7. The highest BCUT2D eigenvalue weighted by Gasteiger charge is 2.34. The van der Waals surface area contributed by atoms with Crippen LogP contribution in [0.4, 0.5) is 17.2 Å². The summed E-state index contributed by atoms with van der Waals surface area (Å²) in [7, 11) is -7.15. The first-order valence-corrected chi connectivity index (χ1v) is 28.9. The zero-order valence-corrected chi connectivity index (χ0v) is 44.7. The van der Waals surface area contributed by atoms with Gasteiger partial charge >= 0.3 is 0 Å². The lowest BCUT2D eigenvalue weighted by molar-refractivity contribution is 0.0600. The van der Waals surface area contributed by atoms with Gasteiger partial charge in [0.1, 0.15) is 11.0 Å². The van der Waals surface area contributed by atoms with E-state index in [1.54, 1.807) is 37.2 Å². The van der Waals surface area contributed by atoms with Gasteiger partial charge in [0.2, 0.25) is 20.0 Å². The number of benzene rings is 2. The van der Waals surface area contributed by atoms with Gasteiger partial charge in [0.05, 0.1) is 70.7 Å². The number of fused-ring (bicyclic) bond motifs is 2. The van der Waals surface area contributed by atoms with Crippen LogP contribution in [0.25, 0.3) is 11.3 Å². The van der Waals surface area contributed by atoms with Crippen molar-refractivity contribution in [2.24, 2.45) is 0 Å². The summed E-state index contributed by atoms with van der Waals surface area (Å²) >= 11 is 18.4. The first-order chi connectivity index (χ1) is 34.6. The minimum absolute atomic E-state index is 0.0648. The molecule has 0 unspecified atom stereocenters. The standard InChI is InChI=1S/C24H29ClN6O4S.C20H21Cl2N5O3S.C4H9NO/c1-15-13-31-22(26-23(15)29-10-8-17(32)14-29)12-20(27-31)21-5-3-4-9-30(21)24(33)18-11-16(25)6-7-19(18)28-36(2,34)35;1-12-11-27-18(23-19(12)22)10-16(24-27)17-5-3-4-8-26(17)20(28)14-9-13(21)6-7-15(14)25-31(2,29)30;6-4-1-2-5-3-4/h6-7,11-13,17,21,28,32H,3-5,8-10,14H2,1-2H3;6-7,9-11,17,25H,3-5,8H2,1-2H3;4-6H,1-3H2/t17-,21+;17-;4-/m101/s1. The van der Waals surface area contributed by atoms with E-state index in [1.807, 2.05) is 32.2 Å². The van der Waals surface area contributed by atoms with E-state index >= 15 is 0 Å². The van der Waals surface area contributed by atoms with E-state index < -0.39 is 20.0 Å². The highest BCUT2D eigenvalue weighted by Crippen LogP contribution is 2.36. The molecule has 0 bridgehead atoms. The highest BCUT2D eigenvalue weighted by molar-refractivity contribution is 7.92. The van der Waals surface area contributed by atoms with Crippen LogP contribution in [0.1, 0.15) is 107 Å². The van der Waals surface area contributed by atoms with Gasteiger partial charge in [-0.2, -0.15) is 10.2 Å². The Bertz CT molecular complexity index is 3210. The molecular formula is C48H59Cl3N12O8S2. The monoisotopic (exact) mass is 1100 g/mol. The molecule has 0 saturated carbocycles. The average molecular weight is 1100 g/mol. The molecule has 10 rings (SSSR count). The second-order valence-electron chi connectivity index (χ2n) is 18.9. The maximum absolute atomic E-state index is 13.7. The molecule has 0 aliphatic carbocycles. The van der Waals surface area contributed by atoms with Crippen LogP contribution in [0.5, 0.6) is 0 Å². The molecule has 0 radical (unpaired) electrons. The summed E-state index contributed by atoms with van der Waals surface area (Å²) in [6, 6.07) is 12.2. The third kappa shape index (κ3) is 13.3. The van der Waals surface area contributed by atoms with Crippen LogP contribution >= 0.6 is 34.8 Å². The molecule has 8 heterocycles. The zero-order chi connectivity index (χ0) is 52.4. The maximum Gasteiger partial charge on any atom is 0.256 e. The van der Waals surface area contributed by atoms with Crippen LogP contribution < -0.4 is 19.7 Å². The number of amides is 2. The van der Waals surface area contributed by atoms with Gasteiger partial charge in [-0.1, -0.05) is 34.8 Å². The van der Waals surface area contributed by atoms with E-state index in [0.717, 1.165) is 106 Å². The van der Waals surface area contributed by atoms with Crippen LogP contribution in [-0.2, 0) is 20.0 Å². The topological polar surface area (TPSA) is 249 Å². The van der Waals surface area contributed by atoms with Crippen LogP contribution in [-0.4, -0.2) is 142 Å². The van der Waals surface area contributed by atoms with Crippen LogP contribution in [0.3, 0.4) is 0 Å². The second-order valence-corrected chi connectivity index (χ2v) is 23.6. The van der Waals surface area contributed by atoms with Gasteiger partial charge < -0.3 is 30.2 Å². The predicted octanol–water partition coefficient (Wildman–Crippen LogP) is 6.43. The van der Waals surface area contributed by atoms with Gasteiger partial charge in [0.25, 0.3) is 11.8 Å². The largest absolute Gasteiger partial charge is 0.392 e. The Morgan fingerprint density at radius 1 is 0.658 bits per heavy atom. The number of nitrogens with zero attached hydrogens (tertiary/aromatic N) is 9. The van der Waals surface area contributed by atoms with Crippen molar-refractivity contribution in [1.29, 1.82) is 0 Å².